The molecule has 0 bridgehead atoms. The first kappa shape index (κ1) is 11.4. The third-order valence-electron chi connectivity index (χ3n) is 2.80. The first-order chi connectivity index (χ1) is 6.33. The lowest BCUT2D eigenvalue weighted by molar-refractivity contribution is 0.327. The first-order valence-electron chi connectivity index (χ1n) is 4.85. The number of hydrogen-bond acceptors (Lipinski definition) is 1. The third kappa shape index (κ3) is 3.49. The van der Waals surface area contributed by atoms with Crippen LogP contribution in [0.25, 0.3) is 0 Å². The Kier molecular flexibility index (Phi) is 5.15. The van der Waals surface area contributed by atoms with Crippen LogP contribution < -0.4 is 5.32 Å². The number of rotatable bonds is 5. The van der Waals surface area contributed by atoms with E-state index in [-0.39, 0.29) is 0 Å². The van der Waals surface area contributed by atoms with Gasteiger partial charge in [-0.1, -0.05) is 30.5 Å². The summed E-state index contributed by atoms with van der Waals surface area (Å²) >= 11 is 11.4. The second kappa shape index (κ2) is 5.90. The van der Waals surface area contributed by atoms with Gasteiger partial charge in [-0.15, -0.1) is 11.6 Å². The van der Waals surface area contributed by atoms with E-state index in [1.54, 1.807) is 5.54 Å². The van der Waals surface area contributed by atoms with Crippen molar-refractivity contribution in [3.05, 3.63) is 11.6 Å². The van der Waals surface area contributed by atoms with E-state index < -0.39 is 0 Å². The van der Waals surface area contributed by atoms with Crippen molar-refractivity contribution in [2.45, 2.75) is 25.7 Å². The quantitative estimate of drug-likeness (QED) is 0.556. The van der Waals surface area contributed by atoms with Crippen molar-refractivity contribution in [3.63, 3.8) is 0 Å². The van der Waals surface area contributed by atoms with Crippen molar-refractivity contribution in [3.8, 4) is 0 Å². The summed E-state index contributed by atoms with van der Waals surface area (Å²) in [5, 5.41) is 3.36. The molecule has 0 radical (unpaired) electrons. The first-order valence-corrected chi connectivity index (χ1v) is 5.82. The van der Waals surface area contributed by atoms with Gasteiger partial charge in [0.1, 0.15) is 0 Å². The van der Waals surface area contributed by atoms with Crippen molar-refractivity contribution < 1.29 is 0 Å². The van der Waals surface area contributed by atoms with E-state index in [9.17, 15) is 0 Å². The summed E-state index contributed by atoms with van der Waals surface area (Å²) in [5.74, 6) is 0.782. The Labute approximate surface area is 90.5 Å². The molecule has 3 heteroatoms. The Balaban J connectivity index is 2.23. The molecule has 0 spiro atoms. The van der Waals surface area contributed by atoms with E-state index in [4.69, 9.17) is 23.2 Å². The summed E-state index contributed by atoms with van der Waals surface area (Å²) in [6.45, 7) is 1.87. The van der Waals surface area contributed by atoms with Crippen molar-refractivity contribution >= 4 is 23.2 Å². The SMILES string of the molecule is Cl/C=C/CNCC1(CCl)CCCC1. The topological polar surface area (TPSA) is 12.0 Å². The molecule has 13 heavy (non-hydrogen) atoms. The lowest BCUT2D eigenvalue weighted by Gasteiger charge is -2.26. The zero-order chi connectivity index (χ0) is 9.57. The molecule has 0 aliphatic heterocycles. The van der Waals surface area contributed by atoms with Gasteiger partial charge in [-0.2, -0.15) is 0 Å². The minimum atomic E-state index is 0.363. The van der Waals surface area contributed by atoms with Crippen molar-refractivity contribution in [2.24, 2.45) is 5.41 Å². The number of alkyl halides is 1. The predicted octanol–water partition coefficient (Wildman–Crippen LogP) is 3.13. The van der Waals surface area contributed by atoms with Crippen LogP contribution in [0, 0.1) is 5.41 Å². The summed E-state index contributed by atoms with van der Waals surface area (Å²) in [5.41, 5.74) is 1.91. The molecule has 76 valence electrons. The second-order valence-corrected chi connectivity index (χ2v) is 4.35. The van der Waals surface area contributed by atoms with Gasteiger partial charge >= 0.3 is 0 Å². The molecular weight excluding hydrogens is 205 g/mol. The van der Waals surface area contributed by atoms with Crippen LogP contribution in [0.15, 0.2) is 11.6 Å². The van der Waals surface area contributed by atoms with Crippen LogP contribution in [0.3, 0.4) is 0 Å². The maximum atomic E-state index is 5.99. The second-order valence-electron chi connectivity index (χ2n) is 3.83. The third-order valence-corrected chi connectivity index (χ3v) is 3.54. The molecule has 0 aromatic heterocycles. The molecule has 1 aliphatic rings. The molecule has 0 aromatic rings. The van der Waals surface area contributed by atoms with E-state index >= 15 is 0 Å². The minimum Gasteiger partial charge on any atom is -0.313 e. The van der Waals surface area contributed by atoms with Gasteiger partial charge in [0.15, 0.2) is 0 Å². The normalized spacial score (nSPS) is 21.4. The van der Waals surface area contributed by atoms with Gasteiger partial charge in [0.05, 0.1) is 0 Å². The molecule has 1 N–H and O–H groups in total. The van der Waals surface area contributed by atoms with Crippen LogP contribution in [-0.2, 0) is 0 Å². The highest BCUT2D eigenvalue weighted by Gasteiger charge is 2.32. The van der Waals surface area contributed by atoms with E-state index in [2.05, 4.69) is 5.32 Å². The summed E-state index contributed by atoms with van der Waals surface area (Å²) in [4.78, 5) is 0. The molecular formula is C10H17Cl2N. The zero-order valence-corrected chi connectivity index (χ0v) is 9.37. The Bertz CT molecular complexity index is 162. The van der Waals surface area contributed by atoms with Crippen LogP contribution in [0.4, 0.5) is 0 Å². The van der Waals surface area contributed by atoms with E-state index in [0.717, 1.165) is 19.0 Å². The smallest absolute Gasteiger partial charge is 0.0292 e. The van der Waals surface area contributed by atoms with Gasteiger partial charge < -0.3 is 5.32 Å². The Hall–Kier alpha value is 0.280. The highest BCUT2D eigenvalue weighted by Crippen LogP contribution is 2.38. The fraction of sp³-hybridized carbons (Fsp3) is 0.800. The van der Waals surface area contributed by atoms with Crippen molar-refractivity contribution in [2.75, 3.05) is 19.0 Å². The summed E-state index contributed by atoms with van der Waals surface area (Å²) in [6.07, 6.45) is 7.13. The van der Waals surface area contributed by atoms with Gasteiger partial charge in [0.25, 0.3) is 0 Å². The average Bonchev–Trinajstić information content (AvgIpc) is 2.62. The fourth-order valence-electron chi connectivity index (χ4n) is 1.95. The zero-order valence-electron chi connectivity index (χ0n) is 7.86. The minimum absolute atomic E-state index is 0.363. The van der Waals surface area contributed by atoms with Crippen molar-refractivity contribution in [1.29, 1.82) is 0 Å². The standard InChI is InChI=1S/C10H17Cl2N/c11-6-3-7-13-9-10(8-12)4-1-2-5-10/h3,6,13H,1-2,4-5,7-9H2/b6-3+. The molecule has 0 amide bonds. The fourth-order valence-corrected chi connectivity index (χ4v) is 2.40. The molecule has 0 atom stereocenters. The molecule has 0 heterocycles. The summed E-state index contributed by atoms with van der Waals surface area (Å²) < 4.78 is 0. The van der Waals surface area contributed by atoms with Crippen molar-refractivity contribution in [1.82, 2.24) is 5.32 Å². The molecule has 0 unspecified atom stereocenters. The predicted molar refractivity (Wildman–Crippen MR) is 59.5 cm³/mol. The molecule has 1 saturated carbocycles. The van der Waals surface area contributed by atoms with E-state index in [1.807, 2.05) is 6.08 Å². The van der Waals surface area contributed by atoms with Crippen LogP contribution in [0.5, 0.6) is 0 Å². The van der Waals surface area contributed by atoms with E-state index in [1.165, 1.54) is 25.7 Å². The molecule has 1 rings (SSSR count). The summed E-state index contributed by atoms with van der Waals surface area (Å²) in [7, 11) is 0. The molecule has 0 saturated heterocycles. The Morgan fingerprint density at radius 2 is 2.00 bits per heavy atom. The van der Waals surface area contributed by atoms with Crippen LogP contribution >= 0.6 is 23.2 Å². The highest BCUT2D eigenvalue weighted by molar-refractivity contribution is 6.25. The highest BCUT2D eigenvalue weighted by atomic mass is 35.5. The largest absolute Gasteiger partial charge is 0.313 e. The monoisotopic (exact) mass is 221 g/mol. The Morgan fingerprint density at radius 1 is 1.31 bits per heavy atom. The lowest BCUT2D eigenvalue weighted by Crippen LogP contribution is -2.33. The molecule has 1 nitrogen and oxygen atoms in total. The number of nitrogens with one attached hydrogen (secondary N) is 1. The van der Waals surface area contributed by atoms with Crippen LogP contribution in [0.1, 0.15) is 25.7 Å². The van der Waals surface area contributed by atoms with Gasteiger partial charge in [-0.25, -0.2) is 0 Å². The average molecular weight is 222 g/mol. The molecule has 1 aliphatic carbocycles. The van der Waals surface area contributed by atoms with Gasteiger partial charge in [0.2, 0.25) is 0 Å². The summed E-state index contributed by atoms with van der Waals surface area (Å²) in [6, 6.07) is 0. The van der Waals surface area contributed by atoms with Crippen LogP contribution in [-0.4, -0.2) is 19.0 Å². The Morgan fingerprint density at radius 3 is 2.54 bits per heavy atom. The number of halogens is 2. The van der Waals surface area contributed by atoms with Gasteiger partial charge in [-0.05, 0) is 18.3 Å². The van der Waals surface area contributed by atoms with Gasteiger partial charge in [-0.3, -0.25) is 0 Å². The molecule has 1 fully saturated rings. The van der Waals surface area contributed by atoms with Gasteiger partial charge in [0, 0.05) is 24.5 Å². The van der Waals surface area contributed by atoms with Crippen LogP contribution in [0.2, 0.25) is 0 Å². The number of hydrogen-bond donors (Lipinski definition) is 1. The molecule has 0 aromatic carbocycles. The maximum Gasteiger partial charge on any atom is 0.0292 e. The lowest BCUT2D eigenvalue weighted by atomic mass is 9.88. The maximum absolute atomic E-state index is 5.99. The van der Waals surface area contributed by atoms with E-state index in [0.29, 0.717) is 5.41 Å².